The Morgan fingerprint density at radius 3 is 1.57 bits per heavy atom. The van der Waals surface area contributed by atoms with Gasteiger partial charge in [-0.2, -0.15) is 11.8 Å². The largest absolute Gasteiger partial charge is 0.289 e. The highest BCUT2D eigenvalue weighted by Crippen LogP contribution is 2.26. The molecule has 0 unspecified atom stereocenters. The number of rotatable bonds is 2. The molecule has 0 saturated carbocycles. The lowest BCUT2D eigenvalue weighted by Crippen LogP contribution is -2.16. The Balaban J connectivity index is 1.88. The van der Waals surface area contributed by atoms with E-state index in [0.29, 0.717) is 0 Å². The molecule has 0 radical (unpaired) electrons. The zero-order valence-electron chi connectivity index (χ0n) is 11.7. The molecule has 2 heteroatoms. The maximum Gasteiger partial charge on any atom is 0.186 e. The van der Waals surface area contributed by atoms with Crippen molar-refractivity contribution >= 4 is 29.7 Å². The molecule has 2 aromatic carbocycles. The summed E-state index contributed by atoms with van der Waals surface area (Å²) in [5, 5.41) is 0. The number of hydrogen-bond donors (Lipinski definition) is 0. The molecule has 1 nitrogen and oxygen atoms in total. The minimum Gasteiger partial charge on any atom is -0.289 e. The Morgan fingerprint density at radius 1 is 0.714 bits per heavy atom. The van der Waals surface area contributed by atoms with Crippen molar-refractivity contribution in [2.24, 2.45) is 0 Å². The van der Waals surface area contributed by atoms with Crippen molar-refractivity contribution in [3.63, 3.8) is 0 Å². The topological polar surface area (TPSA) is 17.1 Å². The highest BCUT2D eigenvalue weighted by atomic mass is 32.2. The number of thioether (sulfide) groups is 1. The summed E-state index contributed by atoms with van der Waals surface area (Å²) < 4.78 is 0. The fourth-order valence-corrected chi connectivity index (χ4v) is 3.29. The SMILES string of the molecule is O=C1/C(=C/c2ccccc2)CSC/C1=C\c1ccccc1. The molecule has 0 N–H and O–H groups in total. The summed E-state index contributed by atoms with van der Waals surface area (Å²) in [5.74, 6) is 1.76. The molecule has 21 heavy (non-hydrogen) atoms. The summed E-state index contributed by atoms with van der Waals surface area (Å²) in [7, 11) is 0. The van der Waals surface area contributed by atoms with E-state index in [9.17, 15) is 4.79 Å². The van der Waals surface area contributed by atoms with E-state index in [1.165, 1.54) is 0 Å². The van der Waals surface area contributed by atoms with E-state index in [-0.39, 0.29) is 5.78 Å². The molecule has 0 aliphatic carbocycles. The van der Waals surface area contributed by atoms with Crippen molar-refractivity contribution in [3.8, 4) is 0 Å². The Hall–Kier alpha value is -2.06. The first-order valence-electron chi connectivity index (χ1n) is 6.96. The smallest absolute Gasteiger partial charge is 0.186 e. The molecule has 1 aliphatic rings. The normalized spacial score (nSPS) is 19.1. The number of Topliss-reactive ketones (excluding diaryl/α,β-unsaturated/α-hetero) is 1. The van der Waals surface area contributed by atoms with Crippen LogP contribution >= 0.6 is 11.8 Å². The third kappa shape index (κ3) is 3.53. The van der Waals surface area contributed by atoms with Gasteiger partial charge in [0, 0.05) is 22.7 Å². The molecule has 0 aromatic heterocycles. The van der Waals surface area contributed by atoms with Crippen LogP contribution in [0.5, 0.6) is 0 Å². The minimum atomic E-state index is 0.182. The van der Waals surface area contributed by atoms with E-state index < -0.39 is 0 Å². The number of benzene rings is 2. The number of ketones is 1. The second-order valence-electron chi connectivity index (χ2n) is 4.98. The van der Waals surface area contributed by atoms with Crippen LogP contribution in [0, 0.1) is 0 Å². The third-order valence-electron chi connectivity index (χ3n) is 3.38. The molecule has 0 amide bonds. The maximum atomic E-state index is 12.6. The molecule has 3 rings (SSSR count). The zero-order valence-corrected chi connectivity index (χ0v) is 12.5. The summed E-state index contributed by atoms with van der Waals surface area (Å²) >= 11 is 1.80. The standard InChI is InChI=1S/C19H16OS/c20-19-17(11-15-7-3-1-4-8-15)13-21-14-18(19)12-16-9-5-2-6-10-16/h1-12H,13-14H2/b17-11+,18-12+. The van der Waals surface area contributed by atoms with Gasteiger partial charge >= 0.3 is 0 Å². The van der Waals surface area contributed by atoms with Crippen LogP contribution in [0.2, 0.25) is 0 Å². The molecule has 104 valence electrons. The van der Waals surface area contributed by atoms with Gasteiger partial charge in [0.15, 0.2) is 5.78 Å². The summed E-state index contributed by atoms with van der Waals surface area (Å²) in [6, 6.07) is 20.1. The minimum absolute atomic E-state index is 0.182. The van der Waals surface area contributed by atoms with Gasteiger partial charge < -0.3 is 0 Å². The lowest BCUT2D eigenvalue weighted by molar-refractivity contribution is -0.112. The van der Waals surface area contributed by atoms with Crippen LogP contribution < -0.4 is 0 Å². The van der Waals surface area contributed by atoms with Crippen LogP contribution in [0.15, 0.2) is 71.8 Å². The molecule has 0 atom stereocenters. The van der Waals surface area contributed by atoms with Crippen LogP contribution in [0.4, 0.5) is 0 Å². The van der Waals surface area contributed by atoms with Gasteiger partial charge in [-0.3, -0.25) is 4.79 Å². The van der Waals surface area contributed by atoms with E-state index in [4.69, 9.17) is 0 Å². The predicted octanol–water partition coefficient (Wildman–Crippen LogP) is 4.47. The summed E-state index contributed by atoms with van der Waals surface area (Å²) in [5.41, 5.74) is 3.95. The second kappa shape index (κ2) is 6.59. The maximum absolute atomic E-state index is 12.6. The Bertz CT molecular complexity index is 625. The van der Waals surface area contributed by atoms with Gasteiger partial charge in [-0.25, -0.2) is 0 Å². The van der Waals surface area contributed by atoms with Crippen LogP contribution in [-0.2, 0) is 4.79 Å². The van der Waals surface area contributed by atoms with Gasteiger partial charge in [0.25, 0.3) is 0 Å². The van der Waals surface area contributed by atoms with E-state index >= 15 is 0 Å². The lowest BCUT2D eigenvalue weighted by atomic mass is 10.0. The molecule has 1 heterocycles. The second-order valence-corrected chi connectivity index (χ2v) is 5.97. The molecule has 0 bridgehead atoms. The highest BCUT2D eigenvalue weighted by Gasteiger charge is 2.20. The van der Waals surface area contributed by atoms with Gasteiger partial charge in [-0.1, -0.05) is 60.7 Å². The number of hydrogen-bond acceptors (Lipinski definition) is 2. The van der Waals surface area contributed by atoms with Crippen molar-refractivity contribution in [1.29, 1.82) is 0 Å². The fraction of sp³-hybridized carbons (Fsp3) is 0.105. The quantitative estimate of drug-likeness (QED) is 0.760. The first kappa shape index (κ1) is 13.9. The number of carbonyl (C=O) groups excluding carboxylic acids is 1. The molecular weight excluding hydrogens is 276 g/mol. The Morgan fingerprint density at radius 2 is 1.14 bits per heavy atom. The van der Waals surface area contributed by atoms with Crippen LogP contribution in [-0.4, -0.2) is 17.3 Å². The van der Waals surface area contributed by atoms with Crippen LogP contribution in [0.1, 0.15) is 11.1 Å². The Labute approximate surface area is 129 Å². The van der Waals surface area contributed by atoms with Crippen molar-refractivity contribution in [1.82, 2.24) is 0 Å². The van der Waals surface area contributed by atoms with Crippen LogP contribution in [0.25, 0.3) is 12.2 Å². The predicted molar refractivity (Wildman–Crippen MR) is 91.2 cm³/mol. The monoisotopic (exact) mass is 292 g/mol. The summed E-state index contributed by atoms with van der Waals surface area (Å²) in [4.78, 5) is 12.6. The average molecular weight is 292 g/mol. The van der Waals surface area contributed by atoms with Gasteiger partial charge in [0.05, 0.1) is 0 Å². The van der Waals surface area contributed by atoms with Gasteiger partial charge in [0.1, 0.15) is 0 Å². The van der Waals surface area contributed by atoms with Crippen molar-refractivity contribution in [3.05, 3.63) is 82.9 Å². The van der Waals surface area contributed by atoms with E-state index in [2.05, 4.69) is 0 Å². The molecule has 1 fully saturated rings. The van der Waals surface area contributed by atoms with E-state index in [1.807, 2.05) is 72.8 Å². The van der Waals surface area contributed by atoms with E-state index in [1.54, 1.807) is 11.8 Å². The molecule has 0 spiro atoms. The average Bonchev–Trinajstić information content (AvgIpc) is 2.53. The zero-order chi connectivity index (χ0) is 14.5. The Kier molecular flexibility index (Phi) is 4.37. The highest BCUT2D eigenvalue weighted by molar-refractivity contribution is 7.99. The summed E-state index contributed by atoms with van der Waals surface area (Å²) in [6.45, 7) is 0. The lowest BCUT2D eigenvalue weighted by Gasteiger charge is -2.16. The first-order valence-corrected chi connectivity index (χ1v) is 8.12. The third-order valence-corrected chi connectivity index (χ3v) is 4.41. The van der Waals surface area contributed by atoms with Gasteiger partial charge in [0.2, 0.25) is 0 Å². The van der Waals surface area contributed by atoms with Gasteiger partial charge in [-0.15, -0.1) is 0 Å². The molecule has 1 aliphatic heterocycles. The molecule has 1 saturated heterocycles. The van der Waals surface area contributed by atoms with Crippen molar-refractivity contribution < 1.29 is 4.79 Å². The fourth-order valence-electron chi connectivity index (χ4n) is 2.32. The van der Waals surface area contributed by atoms with Gasteiger partial charge in [-0.05, 0) is 23.3 Å². The summed E-state index contributed by atoms with van der Waals surface area (Å²) in [6.07, 6.45) is 4.01. The molecular formula is C19H16OS. The molecule has 2 aromatic rings. The number of carbonyl (C=O) groups is 1. The van der Waals surface area contributed by atoms with E-state index in [0.717, 1.165) is 33.8 Å². The van der Waals surface area contributed by atoms with Crippen LogP contribution in [0.3, 0.4) is 0 Å². The van der Waals surface area contributed by atoms with Crippen molar-refractivity contribution in [2.45, 2.75) is 0 Å². The first-order chi connectivity index (χ1) is 10.3. The van der Waals surface area contributed by atoms with Crippen molar-refractivity contribution in [2.75, 3.05) is 11.5 Å².